The van der Waals surface area contributed by atoms with Crippen LogP contribution in [-0.2, 0) is 9.84 Å². The molecular weight excluding hydrogens is 388 g/mol. The Morgan fingerprint density at radius 1 is 1.07 bits per heavy atom. The molecule has 0 N–H and O–H groups in total. The summed E-state index contributed by atoms with van der Waals surface area (Å²) in [5.74, 6) is 1.10. The number of hydrogen-bond acceptors (Lipinski definition) is 6. The van der Waals surface area contributed by atoms with Gasteiger partial charge < -0.3 is 14.1 Å². The van der Waals surface area contributed by atoms with E-state index in [0.717, 1.165) is 5.75 Å². The second kappa shape index (κ2) is 7.62. The normalized spacial score (nSPS) is 11.4. The molecule has 27 heavy (non-hydrogen) atoms. The van der Waals surface area contributed by atoms with Crippen LogP contribution in [0.5, 0.6) is 5.75 Å². The number of aromatic nitrogens is 1. The summed E-state index contributed by atoms with van der Waals surface area (Å²) in [4.78, 5) is 5.95. The first-order valence-electron chi connectivity index (χ1n) is 8.25. The summed E-state index contributed by atoms with van der Waals surface area (Å²) in [5.41, 5.74) is 0.652. The lowest BCUT2D eigenvalue weighted by Gasteiger charge is -2.10. The molecule has 0 saturated carbocycles. The molecule has 0 atom stereocenters. The van der Waals surface area contributed by atoms with E-state index < -0.39 is 9.84 Å². The third-order valence-electron chi connectivity index (χ3n) is 3.78. The van der Waals surface area contributed by atoms with Gasteiger partial charge in [0.15, 0.2) is 0 Å². The van der Waals surface area contributed by atoms with Crippen LogP contribution in [0.25, 0.3) is 11.5 Å². The Balaban J connectivity index is 2.07. The number of sulfone groups is 1. The number of nitrogens with zero attached hydrogens (tertiary/aromatic N) is 2. The third-order valence-corrected chi connectivity index (χ3v) is 5.70. The summed E-state index contributed by atoms with van der Waals surface area (Å²) in [5, 5.41) is 0.315. The maximum atomic E-state index is 13.0. The molecular formula is C19H19ClN2O4S. The van der Waals surface area contributed by atoms with Gasteiger partial charge in [0.2, 0.25) is 26.6 Å². The molecule has 0 saturated heterocycles. The van der Waals surface area contributed by atoms with Crippen molar-refractivity contribution < 1.29 is 17.6 Å². The molecule has 0 amide bonds. The molecule has 142 valence electrons. The van der Waals surface area contributed by atoms with Crippen molar-refractivity contribution in [3.8, 4) is 17.2 Å². The van der Waals surface area contributed by atoms with E-state index in [-0.39, 0.29) is 21.7 Å². The van der Waals surface area contributed by atoms with E-state index in [0.29, 0.717) is 17.2 Å². The van der Waals surface area contributed by atoms with E-state index in [1.807, 2.05) is 6.92 Å². The summed E-state index contributed by atoms with van der Waals surface area (Å²) >= 11 is 5.86. The van der Waals surface area contributed by atoms with Crippen LogP contribution in [0.3, 0.4) is 0 Å². The Morgan fingerprint density at radius 3 is 2.26 bits per heavy atom. The molecule has 3 aromatic rings. The van der Waals surface area contributed by atoms with Gasteiger partial charge in [0.25, 0.3) is 0 Å². The molecule has 0 aliphatic rings. The van der Waals surface area contributed by atoms with Gasteiger partial charge in [0, 0.05) is 24.7 Å². The minimum atomic E-state index is -3.87. The van der Waals surface area contributed by atoms with Crippen molar-refractivity contribution in [3.63, 3.8) is 0 Å². The second-order valence-electron chi connectivity index (χ2n) is 5.94. The molecule has 0 aliphatic heterocycles. The number of anilines is 1. The van der Waals surface area contributed by atoms with Crippen molar-refractivity contribution in [2.24, 2.45) is 0 Å². The molecule has 3 rings (SSSR count). The van der Waals surface area contributed by atoms with Crippen molar-refractivity contribution in [2.45, 2.75) is 16.8 Å². The van der Waals surface area contributed by atoms with E-state index in [4.69, 9.17) is 20.8 Å². The van der Waals surface area contributed by atoms with Gasteiger partial charge in [0.1, 0.15) is 5.75 Å². The van der Waals surface area contributed by atoms with Crippen molar-refractivity contribution in [1.29, 1.82) is 0 Å². The topological polar surface area (TPSA) is 72.6 Å². The zero-order valence-electron chi connectivity index (χ0n) is 15.1. The minimum Gasteiger partial charge on any atom is -0.494 e. The second-order valence-corrected chi connectivity index (χ2v) is 8.24. The Labute approximate surface area is 163 Å². The van der Waals surface area contributed by atoms with Crippen molar-refractivity contribution in [3.05, 3.63) is 53.6 Å². The molecule has 1 aromatic heterocycles. The molecule has 0 unspecified atom stereocenters. The van der Waals surface area contributed by atoms with Crippen LogP contribution in [-0.4, -0.2) is 34.1 Å². The van der Waals surface area contributed by atoms with Crippen LogP contribution in [0, 0.1) is 0 Å². The van der Waals surface area contributed by atoms with Gasteiger partial charge in [-0.15, -0.1) is 0 Å². The van der Waals surface area contributed by atoms with Gasteiger partial charge in [-0.05, 0) is 55.5 Å². The number of hydrogen-bond donors (Lipinski definition) is 0. The lowest BCUT2D eigenvalue weighted by Crippen LogP contribution is -2.13. The van der Waals surface area contributed by atoms with Gasteiger partial charge in [0.05, 0.1) is 11.5 Å². The number of ether oxygens (including phenoxy) is 1. The van der Waals surface area contributed by atoms with E-state index >= 15 is 0 Å². The summed E-state index contributed by atoms with van der Waals surface area (Å²) in [6.45, 7) is 2.46. The highest BCUT2D eigenvalue weighted by atomic mass is 35.5. The fraction of sp³-hybridized carbons (Fsp3) is 0.211. The zero-order valence-corrected chi connectivity index (χ0v) is 16.7. The molecule has 8 heteroatoms. The summed E-state index contributed by atoms with van der Waals surface area (Å²) in [6.07, 6.45) is 0. The zero-order chi connectivity index (χ0) is 19.6. The largest absolute Gasteiger partial charge is 0.494 e. The summed E-state index contributed by atoms with van der Waals surface area (Å²) < 4.78 is 37.3. The highest BCUT2D eigenvalue weighted by Gasteiger charge is 2.29. The lowest BCUT2D eigenvalue weighted by atomic mass is 10.2. The molecule has 0 fully saturated rings. The summed E-state index contributed by atoms with van der Waals surface area (Å²) in [6, 6.07) is 13.1. The highest BCUT2D eigenvalue weighted by molar-refractivity contribution is 7.91. The number of rotatable bonds is 6. The van der Waals surface area contributed by atoms with Crippen molar-refractivity contribution in [1.82, 2.24) is 4.98 Å². The average molecular weight is 407 g/mol. The fourth-order valence-electron chi connectivity index (χ4n) is 2.46. The van der Waals surface area contributed by atoms with Gasteiger partial charge in [-0.3, -0.25) is 0 Å². The SMILES string of the molecule is CCOc1ccc(-c2nc(S(=O)(=O)c3ccc(Cl)cc3)c(N(C)C)o2)cc1. The maximum Gasteiger partial charge on any atom is 0.235 e. The van der Waals surface area contributed by atoms with Gasteiger partial charge >= 0.3 is 0 Å². The number of oxazole rings is 1. The van der Waals surface area contributed by atoms with Crippen LogP contribution in [0.1, 0.15) is 6.92 Å². The Bertz CT molecular complexity index is 1030. The van der Waals surface area contributed by atoms with E-state index in [9.17, 15) is 8.42 Å². The third kappa shape index (κ3) is 3.94. The van der Waals surface area contributed by atoms with E-state index in [1.54, 1.807) is 43.3 Å². The van der Waals surface area contributed by atoms with Crippen LogP contribution in [0.15, 0.2) is 62.9 Å². The fourth-order valence-corrected chi connectivity index (χ4v) is 3.97. The highest BCUT2D eigenvalue weighted by Crippen LogP contribution is 2.34. The predicted molar refractivity (Wildman–Crippen MR) is 104 cm³/mol. The molecule has 1 heterocycles. The smallest absolute Gasteiger partial charge is 0.235 e. The van der Waals surface area contributed by atoms with Crippen LogP contribution in [0.2, 0.25) is 5.02 Å². The average Bonchev–Trinajstić information content (AvgIpc) is 3.10. The predicted octanol–water partition coefficient (Wildman–Crippen LogP) is 4.29. The standard InChI is InChI=1S/C19H19ClN2O4S/c1-4-25-15-9-5-13(6-10-15)17-21-18(19(26-17)22(2)3)27(23,24)16-11-7-14(20)8-12-16/h5-12H,4H2,1-3H3. The molecule has 0 bridgehead atoms. The molecule has 6 nitrogen and oxygen atoms in total. The van der Waals surface area contributed by atoms with Gasteiger partial charge in [-0.1, -0.05) is 11.6 Å². The Kier molecular flexibility index (Phi) is 5.43. The first kappa shape index (κ1) is 19.3. The first-order valence-corrected chi connectivity index (χ1v) is 10.1. The van der Waals surface area contributed by atoms with Crippen molar-refractivity contribution >= 4 is 27.3 Å². The number of halogens is 1. The van der Waals surface area contributed by atoms with E-state index in [1.165, 1.54) is 24.3 Å². The molecule has 2 aromatic carbocycles. The molecule has 0 spiro atoms. The van der Waals surface area contributed by atoms with Gasteiger partial charge in [-0.2, -0.15) is 4.98 Å². The van der Waals surface area contributed by atoms with Crippen LogP contribution in [0.4, 0.5) is 5.88 Å². The van der Waals surface area contributed by atoms with Gasteiger partial charge in [-0.25, -0.2) is 8.42 Å². The van der Waals surface area contributed by atoms with Crippen LogP contribution >= 0.6 is 11.6 Å². The van der Waals surface area contributed by atoms with Crippen molar-refractivity contribution in [2.75, 3.05) is 25.6 Å². The Hall–Kier alpha value is -2.51. The first-order chi connectivity index (χ1) is 12.8. The van der Waals surface area contributed by atoms with E-state index in [2.05, 4.69) is 4.98 Å². The molecule has 0 radical (unpaired) electrons. The van der Waals surface area contributed by atoms with Crippen LogP contribution < -0.4 is 9.64 Å². The summed E-state index contributed by atoms with van der Waals surface area (Å²) in [7, 11) is -0.470. The quantitative estimate of drug-likeness (QED) is 0.608. The Morgan fingerprint density at radius 2 is 1.70 bits per heavy atom. The maximum absolute atomic E-state index is 13.0. The minimum absolute atomic E-state index is 0.0987. The number of benzene rings is 2. The lowest BCUT2D eigenvalue weighted by molar-refractivity contribution is 0.340. The molecule has 0 aliphatic carbocycles. The monoisotopic (exact) mass is 406 g/mol.